The Labute approximate surface area is 156 Å². The van der Waals surface area contributed by atoms with Crippen LogP contribution in [0, 0.1) is 5.82 Å². The Kier molecular flexibility index (Phi) is 5.51. The summed E-state index contributed by atoms with van der Waals surface area (Å²) in [6.45, 7) is 0. The summed E-state index contributed by atoms with van der Waals surface area (Å²) < 4.78 is 23.7. The van der Waals surface area contributed by atoms with Crippen molar-refractivity contribution >= 4 is 23.1 Å². The van der Waals surface area contributed by atoms with Gasteiger partial charge in [-0.2, -0.15) is 0 Å². The molecule has 0 saturated heterocycles. The highest BCUT2D eigenvalue weighted by Crippen LogP contribution is 2.30. The minimum absolute atomic E-state index is 0.313. The number of carbonyl (C=O) groups excluding carboxylic acids is 1. The van der Waals surface area contributed by atoms with Gasteiger partial charge in [-0.3, -0.25) is 4.79 Å². The maximum absolute atomic E-state index is 13.3. The van der Waals surface area contributed by atoms with E-state index in [1.807, 2.05) is 0 Å². The molecule has 0 unspecified atom stereocenters. The highest BCUT2D eigenvalue weighted by Gasteiger charge is 2.10. The average molecular weight is 367 g/mol. The van der Waals surface area contributed by atoms with Crippen molar-refractivity contribution in [3.8, 4) is 11.5 Å². The van der Waals surface area contributed by atoms with E-state index in [1.165, 1.54) is 25.4 Å². The normalized spacial score (nSPS) is 10.2. The van der Waals surface area contributed by atoms with Crippen molar-refractivity contribution < 1.29 is 18.7 Å². The second-order valence-electron chi connectivity index (χ2n) is 5.59. The van der Waals surface area contributed by atoms with E-state index in [-0.39, 0.29) is 11.7 Å². The van der Waals surface area contributed by atoms with Gasteiger partial charge in [0, 0.05) is 29.2 Å². The van der Waals surface area contributed by atoms with Crippen molar-refractivity contribution in [1.29, 1.82) is 0 Å². The molecule has 0 fully saturated rings. The molecule has 0 saturated carbocycles. The fourth-order valence-electron chi connectivity index (χ4n) is 2.47. The molecule has 0 spiro atoms. The molecule has 2 N–H and O–H groups in total. The molecule has 138 valence electrons. The monoisotopic (exact) mass is 367 g/mol. The van der Waals surface area contributed by atoms with Crippen molar-refractivity contribution in [2.75, 3.05) is 24.9 Å². The minimum Gasteiger partial charge on any atom is -0.493 e. The number of nitrogens with zero attached hydrogens (tertiary/aromatic N) is 1. The van der Waals surface area contributed by atoms with Gasteiger partial charge >= 0.3 is 0 Å². The molecule has 1 amide bonds. The summed E-state index contributed by atoms with van der Waals surface area (Å²) in [5, 5.41) is 5.76. The lowest BCUT2D eigenvalue weighted by Gasteiger charge is -2.11. The number of benzene rings is 2. The predicted octanol–water partition coefficient (Wildman–Crippen LogP) is 4.23. The lowest BCUT2D eigenvalue weighted by molar-refractivity contribution is 0.102. The summed E-state index contributed by atoms with van der Waals surface area (Å²) in [4.78, 5) is 16.7. The zero-order valence-corrected chi connectivity index (χ0v) is 14.8. The van der Waals surface area contributed by atoms with E-state index in [4.69, 9.17) is 9.47 Å². The van der Waals surface area contributed by atoms with E-state index in [1.54, 1.807) is 49.6 Å². The predicted molar refractivity (Wildman–Crippen MR) is 101 cm³/mol. The average Bonchev–Trinajstić information content (AvgIpc) is 2.68. The van der Waals surface area contributed by atoms with Crippen LogP contribution in [0.1, 0.15) is 10.4 Å². The maximum Gasteiger partial charge on any atom is 0.255 e. The van der Waals surface area contributed by atoms with Crippen LogP contribution in [0.25, 0.3) is 0 Å². The molecule has 1 heterocycles. The van der Waals surface area contributed by atoms with Gasteiger partial charge in [0.15, 0.2) is 11.5 Å². The SMILES string of the molecule is COc1ccc(NC(=O)c2ccnc(Nc3cccc(F)c3)c2)cc1OC. The molecule has 0 aliphatic carbocycles. The number of methoxy groups -OCH3 is 2. The minimum atomic E-state index is -0.359. The smallest absolute Gasteiger partial charge is 0.255 e. The molecule has 0 radical (unpaired) electrons. The number of rotatable bonds is 6. The number of amides is 1. The Balaban J connectivity index is 1.75. The standard InChI is InChI=1S/C20H18FN3O3/c1-26-17-7-6-16(12-18(17)27-2)24-20(25)13-8-9-22-19(10-13)23-15-5-3-4-14(21)11-15/h3-12H,1-2H3,(H,22,23)(H,24,25). The fraction of sp³-hybridized carbons (Fsp3) is 0.100. The van der Waals surface area contributed by atoms with Crippen molar-refractivity contribution in [1.82, 2.24) is 4.98 Å². The Morgan fingerprint density at radius 1 is 0.963 bits per heavy atom. The van der Waals surface area contributed by atoms with E-state index in [0.717, 1.165) is 0 Å². The van der Waals surface area contributed by atoms with Gasteiger partial charge in [0.05, 0.1) is 14.2 Å². The van der Waals surface area contributed by atoms with Crippen LogP contribution in [0.3, 0.4) is 0 Å². The summed E-state index contributed by atoms with van der Waals surface area (Å²) >= 11 is 0. The van der Waals surface area contributed by atoms with E-state index in [9.17, 15) is 9.18 Å². The van der Waals surface area contributed by atoms with Gasteiger partial charge in [0.2, 0.25) is 0 Å². The van der Waals surface area contributed by atoms with Crippen LogP contribution >= 0.6 is 0 Å². The summed E-state index contributed by atoms with van der Waals surface area (Å²) in [6, 6.07) is 14.3. The molecule has 1 aromatic heterocycles. The molecule has 7 heteroatoms. The Bertz CT molecular complexity index is 963. The zero-order valence-electron chi connectivity index (χ0n) is 14.8. The largest absolute Gasteiger partial charge is 0.493 e. The zero-order chi connectivity index (χ0) is 19.2. The Morgan fingerprint density at radius 3 is 2.52 bits per heavy atom. The van der Waals surface area contributed by atoms with Crippen molar-refractivity contribution in [3.05, 3.63) is 72.2 Å². The summed E-state index contributed by atoms with van der Waals surface area (Å²) in [5.74, 6) is 0.842. The van der Waals surface area contributed by atoms with Crippen LogP contribution in [0.2, 0.25) is 0 Å². The van der Waals surface area contributed by atoms with Gasteiger partial charge in [0.1, 0.15) is 11.6 Å². The van der Waals surface area contributed by atoms with Crippen molar-refractivity contribution in [2.24, 2.45) is 0 Å². The van der Waals surface area contributed by atoms with Crippen molar-refractivity contribution in [3.63, 3.8) is 0 Å². The number of anilines is 3. The molecule has 0 aliphatic rings. The lowest BCUT2D eigenvalue weighted by Crippen LogP contribution is -2.12. The molecule has 3 rings (SSSR count). The summed E-state index contributed by atoms with van der Waals surface area (Å²) in [5.41, 5.74) is 1.51. The second-order valence-corrected chi connectivity index (χ2v) is 5.59. The topological polar surface area (TPSA) is 72.5 Å². The first-order valence-electron chi connectivity index (χ1n) is 8.11. The number of carbonyl (C=O) groups is 1. The first-order valence-corrected chi connectivity index (χ1v) is 8.11. The van der Waals surface area contributed by atoms with Crippen LogP contribution in [0.15, 0.2) is 60.8 Å². The van der Waals surface area contributed by atoms with Crippen LogP contribution < -0.4 is 20.1 Å². The molecule has 27 heavy (non-hydrogen) atoms. The van der Waals surface area contributed by atoms with Crippen molar-refractivity contribution in [2.45, 2.75) is 0 Å². The number of nitrogens with one attached hydrogen (secondary N) is 2. The van der Waals surface area contributed by atoms with Crippen LogP contribution in [-0.4, -0.2) is 25.1 Å². The molecular formula is C20H18FN3O3. The number of aromatic nitrogens is 1. The number of hydrogen-bond donors (Lipinski definition) is 2. The Hall–Kier alpha value is -3.61. The first-order chi connectivity index (χ1) is 13.1. The molecule has 6 nitrogen and oxygen atoms in total. The quantitative estimate of drug-likeness (QED) is 0.682. The molecule has 2 aromatic carbocycles. The van der Waals surface area contributed by atoms with Gasteiger partial charge < -0.3 is 20.1 Å². The van der Waals surface area contributed by atoms with E-state index in [0.29, 0.717) is 34.3 Å². The summed E-state index contributed by atoms with van der Waals surface area (Å²) in [7, 11) is 3.07. The number of halogens is 1. The molecular weight excluding hydrogens is 349 g/mol. The molecule has 0 atom stereocenters. The lowest BCUT2D eigenvalue weighted by atomic mass is 10.2. The van der Waals surface area contributed by atoms with Gasteiger partial charge in [-0.05, 0) is 42.5 Å². The summed E-state index contributed by atoms with van der Waals surface area (Å²) in [6.07, 6.45) is 1.51. The van der Waals surface area contributed by atoms with Gasteiger partial charge in [-0.15, -0.1) is 0 Å². The highest BCUT2D eigenvalue weighted by atomic mass is 19.1. The van der Waals surface area contributed by atoms with Gasteiger partial charge in [-0.25, -0.2) is 9.37 Å². The molecule has 3 aromatic rings. The van der Waals surface area contributed by atoms with Crippen LogP contribution in [-0.2, 0) is 0 Å². The third-order valence-electron chi connectivity index (χ3n) is 3.76. The third-order valence-corrected chi connectivity index (χ3v) is 3.76. The van der Waals surface area contributed by atoms with Crippen LogP contribution in [0.4, 0.5) is 21.6 Å². The number of pyridine rings is 1. The maximum atomic E-state index is 13.3. The van der Waals surface area contributed by atoms with Gasteiger partial charge in [-0.1, -0.05) is 6.07 Å². The molecule has 0 bridgehead atoms. The van der Waals surface area contributed by atoms with Gasteiger partial charge in [0.25, 0.3) is 5.91 Å². The first kappa shape index (κ1) is 18.2. The van der Waals surface area contributed by atoms with E-state index < -0.39 is 0 Å². The Morgan fingerprint density at radius 2 is 1.78 bits per heavy atom. The van der Waals surface area contributed by atoms with E-state index in [2.05, 4.69) is 15.6 Å². The fourth-order valence-corrected chi connectivity index (χ4v) is 2.47. The second kappa shape index (κ2) is 8.18. The third kappa shape index (κ3) is 4.52. The molecule has 0 aliphatic heterocycles. The van der Waals surface area contributed by atoms with E-state index >= 15 is 0 Å². The number of ether oxygens (including phenoxy) is 2. The highest BCUT2D eigenvalue weighted by molar-refractivity contribution is 6.04. The van der Waals surface area contributed by atoms with Crippen LogP contribution in [0.5, 0.6) is 11.5 Å². The number of hydrogen-bond acceptors (Lipinski definition) is 5.